The Morgan fingerprint density at radius 1 is 0.478 bits per heavy atom. The molecule has 0 aliphatic heterocycles. The molecule has 0 saturated heterocycles. The lowest BCUT2D eigenvalue weighted by Crippen LogP contribution is -1.86. The van der Waals surface area contributed by atoms with Crippen LogP contribution in [0.5, 0.6) is 0 Å². The molecule has 0 heterocycles. The van der Waals surface area contributed by atoms with Crippen molar-refractivity contribution >= 4 is 43.1 Å². The molecule has 1 heteroatoms. The van der Waals surface area contributed by atoms with Gasteiger partial charge in [0.05, 0.1) is 0 Å². The molecule has 5 aromatic carbocycles. The molecule has 108 valence electrons. The van der Waals surface area contributed by atoms with Crippen molar-refractivity contribution < 1.29 is 4.39 Å². The zero-order chi connectivity index (χ0) is 15.4. The first-order valence-electron chi connectivity index (χ1n) is 7.74. The van der Waals surface area contributed by atoms with Crippen LogP contribution < -0.4 is 0 Å². The number of hydrogen-bond acceptors (Lipinski definition) is 0. The molecule has 0 atom stereocenters. The smallest absolute Gasteiger partial charge is 0.132 e. The van der Waals surface area contributed by atoms with E-state index in [4.69, 9.17) is 0 Å². The first kappa shape index (κ1) is 12.6. The molecular weight excluding hydrogens is 283 g/mol. The fourth-order valence-electron chi connectivity index (χ4n) is 3.57. The summed E-state index contributed by atoms with van der Waals surface area (Å²) in [5.41, 5.74) is 0. The Morgan fingerprint density at radius 3 is 2.00 bits per heavy atom. The second-order valence-corrected chi connectivity index (χ2v) is 5.99. The van der Waals surface area contributed by atoms with E-state index in [2.05, 4.69) is 30.3 Å². The number of fused-ring (bicyclic) bond motifs is 6. The number of halogens is 1. The Morgan fingerprint density at radius 2 is 1.17 bits per heavy atom. The van der Waals surface area contributed by atoms with Crippen LogP contribution in [0.15, 0.2) is 78.9 Å². The van der Waals surface area contributed by atoms with E-state index in [-0.39, 0.29) is 5.82 Å². The van der Waals surface area contributed by atoms with Crippen LogP contribution >= 0.6 is 0 Å². The molecule has 0 saturated carbocycles. The van der Waals surface area contributed by atoms with Gasteiger partial charge in [-0.3, -0.25) is 0 Å². The molecule has 0 fully saturated rings. The summed E-state index contributed by atoms with van der Waals surface area (Å²) in [6.07, 6.45) is 0. The predicted octanol–water partition coefficient (Wildman–Crippen LogP) is 6.44. The lowest BCUT2D eigenvalue weighted by atomic mass is 9.95. The van der Waals surface area contributed by atoms with Gasteiger partial charge in [0.2, 0.25) is 0 Å². The quantitative estimate of drug-likeness (QED) is 0.228. The summed E-state index contributed by atoms with van der Waals surface area (Å²) in [5.74, 6) is -0.153. The minimum atomic E-state index is -0.153. The number of benzene rings is 5. The highest BCUT2D eigenvalue weighted by Crippen LogP contribution is 2.35. The second kappa shape index (κ2) is 4.53. The molecule has 0 spiro atoms. The molecule has 0 aromatic heterocycles. The van der Waals surface area contributed by atoms with Crippen LogP contribution in [0.2, 0.25) is 0 Å². The van der Waals surface area contributed by atoms with Gasteiger partial charge in [-0.2, -0.15) is 0 Å². The summed E-state index contributed by atoms with van der Waals surface area (Å²) in [6, 6.07) is 26.2. The Balaban J connectivity index is 2.06. The van der Waals surface area contributed by atoms with Gasteiger partial charge in [-0.1, -0.05) is 60.7 Å². The first-order valence-corrected chi connectivity index (χ1v) is 7.74. The summed E-state index contributed by atoms with van der Waals surface area (Å²) in [4.78, 5) is 0. The van der Waals surface area contributed by atoms with Gasteiger partial charge in [0, 0.05) is 5.39 Å². The van der Waals surface area contributed by atoms with E-state index < -0.39 is 0 Å². The van der Waals surface area contributed by atoms with E-state index in [0.717, 1.165) is 32.3 Å². The van der Waals surface area contributed by atoms with Crippen LogP contribution in [0.25, 0.3) is 43.1 Å². The van der Waals surface area contributed by atoms with Gasteiger partial charge in [0.25, 0.3) is 0 Å². The van der Waals surface area contributed by atoms with Crippen LogP contribution in [-0.4, -0.2) is 0 Å². The molecule has 0 bridgehead atoms. The van der Waals surface area contributed by atoms with Crippen LogP contribution in [0, 0.1) is 5.82 Å². The van der Waals surface area contributed by atoms with Crippen molar-refractivity contribution in [2.24, 2.45) is 0 Å². The van der Waals surface area contributed by atoms with Crippen molar-refractivity contribution in [1.29, 1.82) is 0 Å². The topological polar surface area (TPSA) is 0 Å². The third kappa shape index (κ3) is 1.77. The third-order valence-corrected chi connectivity index (χ3v) is 4.66. The minimum absolute atomic E-state index is 0.153. The molecule has 5 rings (SSSR count). The molecule has 5 aromatic rings. The summed E-state index contributed by atoms with van der Waals surface area (Å²) >= 11 is 0. The van der Waals surface area contributed by atoms with Crippen molar-refractivity contribution in [2.75, 3.05) is 0 Å². The van der Waals surface area contributed by atoms with Crippen LogP contribution in [-0.2, 0) is 0 Å². The Bertz CT molecular complexity index is 1220. The van der Waals surface area contributed by atoms with Gasteiger partial charge in [0.1, 0.15) is 5.82 Å². The molecular formula is C22H13F. The van der Waals surface area contributed by atoms with Gasteiger partial charge in [0.15, 0.2) is 0 Å². The average Bonchev–Trinajstić information content (AvgIpc) is 2.60. The summed E-state index contributed by atoms with van der Waals surface area (Å²) in [5, 5.41) is 8.10. The Kier molecular flexibility index (Phi) is 2.48. The van der Waals surface area contributed by atoms with E-state index in [1.54, 1.807) is 6.07 Å². The first-order chi connectivity index (χ1) is 11.3. The maximum Gasteiger partial charge on any atom is 0.132 e. The fourth-order valence-corrected chi connectivity index (χ4v) is 3.57. The van der Waals surface area contributed by atoms with E-state index in [1.165, 1.54) is 5.39 Å². The maximum absolute atomic E-state index is 14.8. The van der Waals surface area contributed by atoms with Gasteiger partial charge < -0.3 is 0 Å². The zero-order valence-electron chi connectivity index (χ0n) is 12.4. The largest absolute Gasteiger partial charge is 0.206 e. The standard InChI is InChI=1S/C22H13F/c23-21-13-17-11-15-6-1-2-7-16(15)12-20(17)19-10-9-14-5-3-4-8-18(14)22(19)21/h1-13H. The second-order valence-electron chi connectivity index (χ2n) is 5.99. The van der Waals surface area contributed by atoms with E-state index in [1.807, 2.05) is 42.5 Å². The third-order valence-electron chi connectivity index (χ3n) is 4.66. The Labute approximate surface area is 132 Å². The predicted molar refractivity (Wildman–Crippen MR) is 96.4 cm³/mol. The molecule has 0 nitrogen and oxygen atoms in total. The normalized spacial score (nSPS) is 11.7. The molecule has 0 aliphatic rings. The summed E-state index contributed by atoms with van der Waals surface area (Å²) in [6.45, 7) is 0. The van der Waals surface area contributed by atoms with E-state index in [9.17, 15) is 4.39 Å². The van der Waals surface area contributed by atoms with Crippen molar-refractivity contribution in [3.8, 4) is 0 Å². The zero-order valence-corrected chi connectivity index (χ0v) is 12.4. The van der Waals surface area contributed by atoms with Gasteiger partial charge in [-0.05, 0) is 55.9 Å². The number of rotatable bonds is 0. The molecule has 0 radical (unpaired) electrons. The Hall–Kier alpha value is -2.93. The summed E-state index contributed by atoms with van der Waals surface area (Å²) < 4.78 is 14.8. The molecule has 0 N–H and O–H groups in total. The lowest BCUT2D eigenvalue weighted by Gasteiger charge is -2.10. The average molecular weight is 296 g/mol. The molecule has 0 unspecified atom stereocenters. The van der Waals surface area contributed by atoms with Gasteiger partial charge in [-0.25, -0.2) is 4.39 Å². The molecule has 0 amide bonds. The number of hydrogen-bond donors (Lipinski definition) is 0. The van der Waals surface area contributed by atoms with Crippen molar-refractivity contribution in [2.45, 2.75) is 0 Å². The van der Waals surface area contributed by atoms with Crippen LogP contribution in [0.1, 0.15) is 0 Å². The van der Waals surface area contributed by atoms with Crippen molar-refractivity contribution in [1.82, 2.24) is 0 Å². The fraction of sp³-hybridized carbons (Fsp3) is 0. The van der Waals surface area contributed by atoms with Gasteiger partial charge in [-0.15, -0.1) is 0 Å². The van der Waals surface area contributed by atoms with Crippen LogP contribution in [0.3, 0.4) is 0 Å². The van der Waals surface area contributed by atoms with Crippen LogP contribution in [0.4, 0.5) is 4.39 Å². The molecule has 23 heavy (non-hydrogen) atoms. The van der Waals surface area contributed by atoms with E-state index in [0.29, 0.717) is 5.39 Å². The van der Waals surface area contributed by atoms with Gasteiger partial charge >= 0.3 is 0 Å². The van der Waals surface area contributed by atoms with Crippen molar-refractivity contribution in [3.05, 3.63) is 84.7 Å². The lowest BCUT2D eigenvalue weighted by molar-refractivity contribution is 0.642. The minimum Gasteiger partial charge on any atom is -0.206 e. The van der Waals surface area contributed by atoms with E-state index >= 15 is 0 Å². The highest BCUT2D eigenvalue weighted by Gasteiger charge is 2.10. The monoisotopic (exact) mass is 296 g/mol. The van der Waals surface area contributed by atoms with Crippen molar-refractivity contribution in [3.63, 3.8) is 0 Å². The highest BCUT2D eigenvalue weighted by atomic mass is 19.1. The highest BCUT2D eigenvalue weighted by molar-refractivity contribution is 6.19. The summed E-state index contributed by atoms with van der Waals surface area (Å²) in [7, 11) is 0. The maximum atomic E-state index is 14.8. The molecule has 0 aliphatic carbocycles. The SMILES string of the molecule is Fc1cc2cc3ccccc3cc2c2ccc3ccccc3c12.